The standard InChI is InChI=1S/C26H30Cl2N4O2/c1-5-9-25(34)31(16-18-10-7-6-8-11-18)17-24(33)29-23-15-22(26(2,3)4)30-32(23)19-12-13-20(27)21(28)14-19/h6-8,10-15H,5,9,16-17H2,1-4H3,(H,29,33). The smallest absolute Gasteiger partial charge is 0.245 e. The van der Waals surface area contributed by atoms with Crippen molar-refractivity contribution in [2.45, 2.75) is 52.5 Å². The largest absolute Gasteiger partial charge is 0.329 e. The molecule has 0 aliphatic carbocycles. The molecule has 34 heavy (non-hydrogen) atoms. The minimum Gasteiger partial charge on any atom is -0.329 e. The van der Waals surface area contributed by atoms with Crippen molar-refractivity contribution >= 4 is 40.8 Å². The van der Waals surface area contributed by atoms with E-state index in [4.69, 9.17) is 28.3 Å². The summed E-state index contributed by atoms with van der Waals surface area (Å²) < 4.78 is 1.64. The first kappa shape index (κ1) is 25.8. The molecule has 3 rings (SSSR count). The zero-order valence-corrected chi connectivity index (χ0v) is 21.5. The van der Waals surface area contributed by atoms with Crippen LogP contribution in [0.4, 0.5) is 5.82 Å². The highest BCUT2D eigenvalue weighted by molar-refractivity contribution is 6.42. The number of hydrogen-bond donors (Lipinski definition) is 1. The van der Waals surface area contributed by atoms with E-state index in [2.05, 4.69) is 5.32 Å². The zero-order valence-electron chi connectivity index (χ0n) is 19.9. The van der Waals surface area contributed by atoms with Crippen LogP contribution in [0.5, 0.6) is 0 Å². The number of nitrogens with one attached hydrogen (secondary N) is 1. The second kappa shape index (κ2) is 11.1. The summed E-state index contributed by atoms with van der Waals surface area (Å²) in [6.07, 6.45) is 1.10. The van der Waals surface area contributed by atoms with E-state index in [-0.39, 0.29) is 23.8 Å². The Morgan fingerprint density at radius 2 is 1.74 bits per heavy atom. The molecule has 1 aromatic heterocycles. The molecular weight excluding hydrogens is 471 g/mol. The van der Waals surface area contributed by atoms with Crippen LogP contribution in [0.3, 0.4) is 0 Å². The van der Waals surface area contributed by atoms with E-state index in [0.29, 0.717) is 40.9 Å². The number of nitrogens with zero attached hydrogens (tertiary/aromatic N) is 3. The van der Waals surface area contributed by atoms with Gasteiger partial charge in [0.25, 0.3) is 0 Å². The first-order valence-corrected chi connectivity index (χ1v) is 12.0. The Morgan fingerprint density at radius 3 is 2.35 bits per heavy atom. The van der Waals surface area contributed by atoms with Crippen LogP contribution in [0, 0.1) is 0 Å². The van der Waals surface area contributed by atoms with Gasteiger partial charge in [-0.25, -0.2) is 4.68 Å². The number of halogens is 2. The fourth-order valence-corrected chi connectivity index (χ4v) is 3.71. The van der Waals surface area contributed by atoms with Crippen LogP contribution < -0.4 is 5.32 Å². The van der Waals surface area contributed by atoms with Gasteiger partial charge >= 0.3 is 0 Å². The molecule has 0 aliphatic rings. The maximum absolute atomic E-state index is 13.1. The molecule has 0 spiro atoms. The van der Waals surface area contributed by atoms with Crippen molar-refractivity contribution < 1.29 is 9.59 Å². The molecule has 2 amide bonds. The van der Waals surface area contributed by atoms with Gasteiger partial charge in [0.2, 0.25) is 11.8 Å². The molecule has 0 saturated heterocycles. The Hall–Kier alpha value is -2.83. The number of carbonyl (C=O) groups excluding carboxylic acids is 2. The van der Waals surface area contributed by atoms with Crippen molar-refractivity contribution in [3.8, 4) is 5.69 Å². The SMILES string of the molecule is CCCC(=O)N(CC(=O)Nc1cc(C(C)(C)C)nn1-c1ccc(Cl)c(Cl)c1)Cc1ccccc1. The summed E-state index contributed by atoms with van der Waals surface area (Å²) in [5.41, 5.74) is 2.20. The second-order valence-corrected chi connectivity index (χ2v) is 10.0. The summed E-state index contributed by atoms with van der Waals surface area (Å²) in [5, 5.41) is 8.47. The lowest BCUT2D eigenvalue weighted by Gasteiger charge is -2.22. The monoisotopic (exact) mass is 500 g/mol. The second-order valence-electron chi connectivity index (χ2n) is 9.21. The Balaban J connectivity index is 1.87. The molecule has 0 radical (unpaired) electrons. The number of hydrogen-bond acceptors (Lipinski definition) is 3. The van der Waals surface area contributed by atoms with Crippen LogP contribution in [0.15, 0.2) is 54.6 Å². The summed E-state index contributed by atoms with van der Waals surface area (Å²) in [6.45, 7) is 8.39. The van der Waals surface area contributed by atoms with E-state index in [1.807, 2.05) is 64.1 Å². The maximum Gasteiger partial charge on any atom is 0.245 e. The first-order valence-electron chi connectivity index (χ1n) is 11.3. The summed E-state index contributed by atoms with van der Waals surface area (Å²) in [6, 6.07) is 16.7. The van der Waals surface area contributed by atoms with Gasteiger partial charge in [-0.15, -0.1) is 0 Å². The van der Waals surface area contributed by atoms with E-state index in [1.165, 1.54) is 0 Å². The molecule has 3 aromatic rings. The lowest BCUT2D eigenvalue weighted by Crippen LogP contribution is -2.37. The fourth-order valence-electron chi connectivity index (χ4n) is 3.41. The summed E-state index contributed by atoms with van der Waals surface area (Å²) in [4.78, 5) is 27.4. The predicted octanol–water partition coefficient (Wildman–Crippen LogP) is 6.24. The molecule has 0 unspecified atom stereocenters. The summed E-state index contributed by atoms with van der Waals surface area (Å²) in [7, 11) is 0. The van der Waals surface area contributed by atoms with Crippen molar-refractivity contribution in [1.82, 2.24) is 14.7 Å². The van der Waals surface area contributed by atoms with Gasteiger partial charge in [0.05, 0.1) is 21.4 Å². The average Bonchev–Trinajstić information content (AvgIpc) is 3.20. The third kappa shape index (κ3) is 6.61. The number of aromatic nitrogens is 2. The summed E-state index contributed by atoms with van der Waals surface area (Å²) in [5.74, 6) is 0.132. The van der Waals surface area contributed by atoms with Gasteiger partial charge in [-0.1, -0.05) is 81.2 Å². The molecular formula is C26H30Cl2N4O2. The van der Waals surface area contributed by atoms with Crippen LogP contribution >= 0.6 is 23.2 Å². The molecule has 0 fully saturated rings. The number of rotatable bonds is 8. The molecule has 8 heteroatoms. The van der Waals surface area contributed by atoms with Crippen molar-refractivity contribution in [2.24, 2.45) is 0 Å². The van der Waals surface area contributed by atoms with Gasteiger partial charge in [0.1, 0.15) is 12.4 Å². The number of amides is 2. The van der Waals surface area contributed by atoms with Gasteiger partial charge in [-0.05, 0) is 30.2 Å². The molecule has 0 saturated carbocycles. The Kier molecular flexibility index (Phi) is 8.39. The third-order valence-electron chi connectivity index (χ3n) is 5.26. The van der Waals surface area contributed by atoms with Crippen LogP contribution in [0.1, 0.15) is 51.8 Å². The Labute approximate surface area is 210 Å². The first-order chi connectivity index (χ1) is 16.1. The summed E-state index contributed by atoms with van der Waals surface area (Å²) >= 11 is 12.3. The highest BCUT2D eigenvalue weighted by atomic mass is 35.5. The fraction of sp³-hybridized carbons (Fsp3) is 0.346. The molecule has 2 aromatic carbocycles. The maximum atomic E-state index is 13.1. The van der Waals surface area contributed by atoms with Crippen molar-refractivity contribution in [2.75, 3.05) is 11.9 Å². The zero-order chi connectivity index (χ0) is 24.9. The molecule has 1 heterocycles. The molecule has 6 nitrogen and oxygen atoms in total. The highest BCUT2D eigenvalue weighted by Crippen LogP contribution is 2.29. The van der Waals surface area contributed by atoms with E-state index >= 15 is 0 Å². The van der Waals surface area contributed by atoms with E-state index < -0.39 is 0 Å². The Morgan fingerprint density at radius 1 is 1.03 bits per heavy atom. The van der Waals surface area contributed by atoms with Gasteiger partial charge in [-0.3, -0.25) is 9.59 Å². The van der Waals surface area contributed by atoms with E-state index in [9.17, 15) is 9.59 Å². The lowest BCUT2D eigenvalue weighted by molar-refractivity contribution is -0.135. The number of carbonyl (C=O) groups is 2. The van der Waals surface area contributed by atoms with Crippen LogP contribution in [0.2, 0.25) is 10.0 Å². The average molecular weight is 501 g/mol. The van der Waals surface area contributed by atoms with Crippen molar-refractivity contribution in [1.29, 1.82) is 0 Å². The predicted molar refractivity (Wildman–Crippen MR) is 138 cm³/mol. The highest BCUT2D eigenvalue weighted by Gasteiger charge is 2.23. The van der Waals surface area contributed by atoms with E-state index in [1.54, 1.807) is 27.8 Å². The van der Waals surface area contributed by atoms with E-state index in [0.717, 1.165) is 11.3 Å². The van der Waals surface area contributed by atoms with Gasteiger partial charge in [-0.2, -0.15) is 5.10 Å². The third-order valence-corrected chi connectivity index (χ3v) is 6.00. The minimum atomic E-state index is -0.304. The Bertz CT molecular complexity index is 1150. The quantitative estimate of drug-likeness (QED) is 0.397. The van der Waals surface area contributed by atoms with Crippen molar-refractivity contribution in [3.05, 3.63) is 75.9 Å². The van der Waals surface area contributed by atoms with Crippen LogP contribution in [0.25, 0.3) is 5.69 Å². The van der Waals surface area contributed by atoms with Crippen LogP contribution in [-0.4, -0.2) is 33.0 Å². The molecule has 180 valence electrons. The lowest BCUT2D eigenvalue weighted by atomic mass is 9.92. The number of benzene rings is 2. The minimum absolute atomic E-state index is 0.0603. The normalized spacial score (nSPS) is 11.4. The van der Waals surface area contributed by atoms with Gasteiger partial charge < -0.3 is 10.2 Å². The number of anilines is 1. The van der Waals surface area contributed by atoms with Crippen LogP contribution in [-0.2, 0) is 21.5 Å². The molecule has 0 aliphatic heterocycles. The van der Waals surface area contributed by atoms with Crippen molar-refractivity contribution in [3.63, 3.8) is 0 Å². The molecule has 0 atom stereocenters. The topological polar surface area (TPSA) is 67.2 Å². The van der Waals surface area contributed by atoms with Gasteiger partial charge in [0, 0.05) is 24.4 Å². The molecule has 0 bridgehead atoms. The molecule has 1 N–H and O–H groups in total. The van der Waals surface area contributed by atoms with Gasteiger partial charge in [0.15, 0.2) is 0 Å².